The standard InChI is InChI=1S/C11H18N4O2/c1-4-9-12-5-8(6-13-9)15-10(16)14-7-11(2,3)17/h5-6,17H,4,7H2,1-3H3,(H2,14,15,16). The maximum atomic E-state index is 11.4. The van der Waals surface area contributed by atoms with Gasteiger partial charge in [-0.05, 0) is 13.8 Å². The fourth-order valence-electron chi connectivity index (χ4n) is 1.07. The van der Waals surface area contributed by atoms with Crippen LogP contribution in [0.3, 0.4) is 0 Å². The number of nitrogens with one attached hydrogen (secondary N) is 2. The van der Waals surface area contributed by atoms with Gasteiger partial charge in [-0.1, -0.05) is 6.92 Å². The Labute approximate surface area is 100 Å². The van der Waals surface area contributed by atoms with Crippen molar-refractivity contribution in [3.05, 3.63) is 18.2 Å². The molecule has 1 aromatic rings. The topological polar surface area (TPSA) is 87.1 Å². The van der Waals surface area contributed by atoms with Gasteiger partial charge in [0.15, 0.2) is 0 Å². The van der Waals surface area contributed by atoms with Crippen LogP contribution in [0.1, 0.15) is 26.6 Å². The van der Waals surface area contributed by atoms with Crippen molar-refractivity contribution in [1.29, 1.82) is 0 Å². The van der Waals surface area contributed by atoms with Gasteiger partial charge in [0.1, 0.15) is 5.82 Å². The molecule has 3 N–H and O–H groups in total. The third-order valence-electron chi connectivity index (χ3n) is 1.96. The smallest absolute Gasteiger partial charge is 0.319 e. The summed E-state index contributed by atoms with van der Waals surface area (Å²) in [6.07, 6.45) is 3.86. The second-order valence-corrected chi connectivity index (χ2v) is 4.36. The SMILES string of the molecule is CCc1ncc(NC(=O)NCC(C)(C)O)cn1. The Morgan fingerprint density at radius 2 is 2.00 bits per heavy atom. The zero-order valence-corrected chi connectivity index (χ0v) is 10.3. The van der Waals surface area contributed by atoms with Crippen LogP contribution in [0.2, 0.25) is 0 Å². The van der Waals surface area contributed by atoms with Crippen molar-refractivity contribution in [2.45, 2.75) is 32.8 Å². The first-order valence-corrected chi connectivity index (χ1v) is 5.49. The minimum atomic E-state index is -0.931. The normalized spacial score (nSPS) is 11.1. The van der Waals surface area contributed by atoms with E-state index in [2.05, 4.69) is 20.6 Å². The van der Waals surface area contributed by atoms with Crippen molar-refractivity contribution in [2.75, 3.05) is 11.9 Å². The van der Waals surface area contributed by atoms with Gasteiger partial charge in [-0.25, -0.2) is 14.8 Å². The van der Waals surface area contributed by atoms with Crippen molar-refractivity contribution in [3.63, 3.8) is 0 Å². The highest BCUT2D eigenvalue weighted by Gasteiger charge is 2.13. The number of amides is 2. The number of rotatable bonds is 4. The third-order valence-corrected chi connectivity index (χ3v) is 1.96. The largest absolute Gasteiger partial charge is 0.389 e. The predicted octanol–water partition coefficient (Wildman–Crippen LogP) is 0.931. The summed E-state index contributed by atoms with van der Waals surface area (Å²) in [6, 6.07) is -0.389. The number of hydrogen-bond acceptors (Lipinski definition) is 4. The first-order chi connectivity index (χ1) is 7.90. The van der Waals surface area contributed by atoms with Crippen LogP contribution in [0.4, 0.5) is 10.5 Å². The zero-order chi connectivity index (χ0) is 12.9. The van der Waals surface area contributed by atoms with E-state index >= 15 is 0 Å². The molecule has 0 atom stereocenters. The Morgan fingerprint density at radius 3 is 2.47 bits per heavy atom. The monoisotopic (exact) mass is 238 g/mol. The van der Waals surface area contributed by atoms with E-state index in [-0.39, 0.29) is 12.6 Å². The molecule has 0 aromatic carbocycles. The van der Waals surface area contributed by atoms with Gasteiger partial charge in [0.2, 0.25) is 0 Å². The van der Waals surface area contributed by atoms with E-state index in [1.807, 2.05) is 6.92 Å². The molecule has 0 radical (unpaired) electrons. The molecule has 17 heavy (non-hydrogen) atoms. The van der Waals surface area contributed by atoms with Gasteiger partial charge in [-0.2, -0.15) is 0 Å². The van der Waals surface area contributed by atoms with Gasteiger partial charge in [-0.3, -0.25) is 0 Å². The summed E-state index contributed by atoms with van der Waals surface area (Å²) in [5.74, 6) is 0.729. The van der Waals surface area contributed by atoms with Crippen LogP contribution in [-0.4, -0.2) is 33.3 Å². The summed E-state index contributed by atoms with van der Waals surface area (Å²) in [4.78, 5) is 19.5. The van der Waals surface area contributed by atoms with Crippen molar-refractivity contribution >= 4 is 11.7 Å². The number of nitrogens with zero attached hydrogens (tertiary/aromatic N) is 2. The quantitative estimate of drug-likeness (QED) is 0.728. The summed E-state index contributed by atoms with van der Waals surface area (Å²) in [7, 11) is 0. The van der Waals surface area contributed by atoms with Crippen LogP contribution in [-0.2, 0) is 6.42 Å². The molecule has 0 unspecified atom stereocenters. The molecule has 0 saturated carbocycles. The molecule has 0 saturated heterocycles. The molecule has 1 rings (SSSR count). The number of urea groups is 1. The molecule has 2 amide bonds. The van der Waals surface area contributed by atoms with Gasteiger partial charge in [-0.15, -0.1) is 0 Å². The first-order valence-electron chi connectivity index (χ1n) is 5.49. The number of anilines is 1. The van der Waals surface area contributed by atoms with E-state index in [0.717, 1.165) is 12.2 Å². The fraction of sp³-hybridized carbons (Fsp3) is 0.545. The van der Waals surface area contributed by atoms with Crippen molar-refractivity contribution in [1.82, 2.24) is 15.3 Å². The number of aryl methyl sites for hydroxylation is 1. The lowest BCUT2D eigenvalue weighted by atomic mass is 10.1. The van der Waals surface area contributed by atoms with Gasteiger partial charge < -0.3 is 15.7 Å². The van der Waals surface area contributed by atoms with E-state index in [4.69, 9.17) is 0 Å². The summed E-state index contributed by atoms with van der Waals surface area (Å²) in [5, 5.41) is 14.6. The number of aliphatic hydroxyl groups is 1. The van der Waals surface area contributed by atoms with E-state index < -0.39 is 5.60 Å². The molecule has 0 aliphatic carbocycles. The average Bonchev–Trinajstić information content (AvgIpc) is 2.27. The molecule has 1 heterocycles. The first kappa shape index (κ1) is 13.4. The fourth-order valence-corrected chi connectivity index (χ4v) is 1.07. The Bertz CT molecular complexity index is 370. The molecular formula is C11H18N4O2. The second kappa shape index (κ2) is 5.58. The van der Waals surface area contributed by atoms with Crippen LogP contribution in [0.25, 0.3) is 0 Å². The molecule has 0 bridgehead atoms. The van der Waals surface area contributed by atoms with Crippen LogP contribution in [0.15, 0.2) is 12.4 Å². The summed E-state index contributed by atoms with van der Waals surface area (Å²) in [6.45, 7) is 5.37. The van der Waals surface area contributed by atoms with E-state index in [1.54, 1.807) is 26.2 Å². The highest BCUT2D eigenvalue weighted by atomic mass is 16.3. The lowest BCUT2D eigenvalue weighted by molar-refractivity contribution is 0.0826. The maximum Gasteiger partial charge on any atom is 0.319 e. The number of hydrogen-bond donors (Lipinski definition) is 3. The number of carbonyl (C=O) groups is 1. The zero-order valence-electron chi connectivity index (χ0n) is 10.3. The van der Waals surface area contributed by atoms with E-state index in [1.165, 1.54) is 0 Å². The minimum Gasteiger partial charge on any atom is -0.389 e. The third kappa shape index (κ3) is 5.26. The van der Waals surface area contributed by atoms with Crippen LogP contribution < -0.4 is 10.6 Å². The summed E-state index contributed by atoms with van der Waals surface area (Å²) < 4.78 is 0. The van der Waals surface area contributed by atoms with Crippen LogP contribution in [0.5, 0.6) is 0 Å². The molecule has 0 aliphatic heterocycles. The van der Waals surface area contributed by atoms with E-state index in [9.17, 15) is 9.90 Å². The molecular weight excluding hydrogens is 220 g/mol. The number of carbonyl (C=O) groups excluding carboxylic acids is 1. The summed E-state index contributed by atoms with van der Waals surface area (Å²) in [5.41, 5.74) is -0.407. The molecule has 94 valence electrons. The molecule has 0 spiro atoms. The van der Waals surface area contributed by atoms with Gasteiger partial charge in [0, 0.05) is 13.0 Å². The Balaban J connectivity index is 2.45. The van der Waals surface area contributed by atoms with Crippen LogP contribution in [0, 0.1) is 0 Å². The molecule has 1 aromatic heterocycles. The highest BCUT2D eigenvalue weighted by Crippen LogP contribution is 2.03. The summed E-state index contributed by atoms with van der Waals surface area (Å²) >= 11 is 0. The average molecular weight is 238 g/mol. The highest BCUT2D eigenvalue weighted by molar-refractivity contribution is 5.88. The lowest BCUT2D eigenvalue weighted by Gasteiger charge is -2.17. The van der Waals surface area contributed by atoms with Gasteiger partial charge in [0.25, 0.3) is 0 Å². The van der Waals surface area contributed by atoms with Crippen molar-refractivity contribution in [2.24, 2.45) is 0 Å². The minimum absolute atomic E-state index is 0.173. The predicted molar refractivity (Wildman–Crippen MR) is 64.7 cm³/mol. The Morgan fingerprint density at radius 1 is 1.41 bits per heavy atom. The molecule has 0 fully saturated rings. The van der Waals surface area contributed by atoms with E-state index in [0.29, 0.717) is 5.69 Å². The Hall–Kier alpha value is -1.69. The number of aromatic nitrogens is 2. The van der Waals surface area contributed by atoms with Gasteiger partial charge >= 0.3 is 6.03 Å². The van der Waals surface area contributed by atoms with Gasteiger partial charge in [0.05, 0.1) is 23.7 Å². The lowest BCUT2D eigenvalue weighted by Crippen LogP contribution is -2.40. The molecule has 0 aliphatic rings. The molecule has 6 heteroatoms. The second-order valence-electron chi connectivity index (χ2n) is 4.36. The maximum absolute atomic E-state index is 11.4. The van der Waals surface area contributed by atoms with Crippen molar-refractivity contribution in [3.8, 4) is 0 Å². The molecule has 6 nitrogen and oxygen atoms in total. The Kier molecular flexibility index (Phi) is 4.39. The van der Waals surface area contributed by atoms with Crippen molar-refractivity contribution < 1.29 is 9.90 Å². The van der Waals surface area contributed by atoms with Crippen LogP contribution >= 0.6 is 0 Å².